The van der Waals surface area contributed by atoms with Gasteiger partial charge in [0, 0.05) is 13.1 Å². The molecule has 0 saturated carbocycles. The van der Waals surface area contributed by atoms with Crippen molar-refractivity contribution in [1.82, 2.24) is 9.80 Å². The van der Waals surface area contributed by atoms with E-state index in [0.29, 0.717) is 0 Å². The van der Waals surface area contributed by atoms with E-state index >= 15 is 0 Å². The van der Waals surface area contributed by atoms with Crippen molar-refractivity contribution < 1.29 is 5.11 Å². The van der Waals surface area contributed by atoms with Crippen LogP contribution in [0.4, 0.5) is 0 Å². The molecule has 0 spiro atoms. The fourth-order valence-corrected chi connectivity index (χ4v) is 3.06. The average molecular weight is 226 g/mol. The molecular weight excluding hydrogens is 200 g/mol. The van der Waals surface area contributed by atoms with Crippen LogP contribution in [0.5, 0.6) is 0 Å². The molecule has 2 saturated heterocycles. The zero-order chi connectivity index (χ0) is 11.4. The van der Waals surface area contributed by atoms with Crippen LogP contribution in [0.15, 0.2) is 0 Å². The Hall–Kier alpha value is -0.120. The Labute approximate surface area is 99.4 Å². The molecule has 0 radical (unpaired) electrons. The lowest BCUT2D eigenvalue weighted by atomic mass is 9.96. The summed E-state index contributed by atoms with van der Waals surface area (Å²) in [4.78, 5) is 5.04. The topological polar surface area (TPSA) is 26.7 Å². The molecule has 0 aromatic rings. The van der Waals surface area contributed by atoms with E-state index in [1.807, 2.05) is 6.92 Å². The van der Waals surface area contributed by atoms with Gasteiger partial charge in [-0.25, -0.2) is 0 Å². The van der Waals surface area contributed by atoms with E-state index < -0.39 is 0 Å². The van der Waals surface area contributed by atoms with Gasteiger partial charge >= 0.3 is 0 Å². The quantitative estimate of drug-likeness (QED) is 0.779. The fraction of sp³-hybridized carbons (Fsp3) is 1.00. The molecule has 0 aromatic carbocycles. The molecule has 16 heavy (non-hydrogen) atoms. The summed E-state index contributed by atoms with van der Waals surface area (Å²) in [7, 11) is 0. The van der Waals surface area contributed by atoms with Gasteiger partial charge in [0.25, 0.3) is 0 Å². The minimum atomic E-state index is -0.171. The van der Waals surface area contributed by atoms with Crippen LogP contribution in [0.3, 0.4) is 0 Å². The summed E-state index contributed by atoms with van der Waals surface area (Å²) in [6, 6.07) is 0. The van der Waals surface area contributed by atoms with Crippen molar-refractivity contribution in [3.8, 4) is 0 Å². The molecule has 2 aliphatic heterocycles. The van der Waals surface area contributed by atoms with E-state index in [1.54, 1.807) is 0 Å². The Morgan fingerprint density at radius 3 is 2.25 bits per heavy atom. The van der Waals surface area contributed by atoms with Crippen molar-refractivity contribution in [1.29, 1.82) is 0 Å². The fourth-order valence-electron chi connectivity index (χ4n) is 3.06. The van der Waals surface area contributed by atoms with Gasteiger partial charge in [-0.1, -0.05) is 0 Å². The summed E-state index contributed by atoms with van der Waals surface area (Å²) in [6.07, 6.45) is 5.28. The molecule has 3 heteroatoms. The molecule has 2 heterocycles. The van der Waals surface area contributed by atoms with Gasteiger partial charge in [0.15, 0.2) is 0 Å². The maximum atomic E-state index is 9.35. The zero-order valence-electron chi connectivity index (χ0n) is 10.6. The number of nitrogens with zero attached hydrogens (tertiary/aromatic N) is 2. The molecule has 0 aliphatic carbocycles. The standard InChI is InChI=1S/C13H26N2O/c1-12(16)10-15-8-4-13(5-9-15)11-14-6-2-3-7-14/h12-13,16H,2-11H2,1H3. The first-order valence-electron chi connectivity index (χ1n) is 6.87. The highest BCUT2D eigenvalue weighted by molar-refractivity contribution is 4.77. The van der Waals surface area contributed by atoms with Gasteiger partial charge in [-0.2, -0.15) is 0 Å². The number of hydrogen-bond acceptors (Lipinski definition) is 3. The number of β-amino-alcohol motifs (C(OH)–C–C–N with tert-alkyl or cyclic N) is 1. The summed E-state index contributed by atoms with van der Waals surface area (Å²) < 4.78 is 0. The first kappa shape index (κ1) is 12.3. The van der Waals surface area contributed by atoms with E-state index in [-0.39, 0.29) is 6.10 Å². The van der Waals surface area contributed by atoms with Crippen LogP contribution in [0, 0.1) is 5.92 Å². The van der Waals surface area contributed by atoms with Crippen molar-refractivity contribution in [2.75, 3.05) is 39.3 Å². The molecule has 1 atom stereocenters. The summed E-state index contributed by atoms with van der Waals surface area (Å²) in [6.45, 7) is 9.09. The number of aliphatic hydroxyl groups excluding tert-OH is 1. The van der Waals surface area contributed by atoms with E-state index in [9.17, 15) is 5.11 Å². The molecule has 2 rings (SSSR count). The number of hydrogen-bond donors (Lipinski definition) is 1. The molecule has 94 valence electrons. The van der Waals surface area contributed by atoms with Gasteiger partial charge in [-0.05, 0) is 64.7 Å². The molecule has 0 aromatic heterocycles. The highest BCUT2D eigenvalue weighted by Crippen LogP contribution is 2.20. The summed E-state index contributed by atoms with van der Waals surface area (Å²) in [5.74, 6) is 0.906. The molecule has 2 fully saturated rings. The molecule has 0 bridgehead atoms. The molecule has 1 N–H and O–H groups in total. The van der Waals surface area contributed by atoms with Crippen molar-refractivity contribution in [3.63, 3.8) is 0 Å². The number of likely N-dealkylation sites (tertiary alicyclic amines) is 2. The lowest BCUT2D eigenvalue weighted by Crippen LogP contribution is -2.40. The van der Waals surface area contributed by atoms with Crippen LogP contribution in [0.2, 0.25) is 0 Å². The largest absolute Gasteiger partial charge is 0.392 e. The van der Waals surface area contributed by atoms with Crippen molar-refractivity contribution in [2.45, 2.75) is 38.7 Å². The summed E-state index contributed by atoms with van der Waals surface area (Å²) in [5.41, 5.74) is 0. The van der Waals surface area contributed by atoms with Gasteiger partial charge in [0.05, 0.1) is 6.10 Å². The molecule has 0 amide bonds. The number of piperidine rings is 1. The number of rotatable bonds is 4. The van der Waals surface area contributed by atoms with Gasteiger partial charge in [0.2, 0.25) is 0 Å². The average Bonchev–Trinajstić information content (AvgIpc) is 2.73. The first-order valence-corrected chi connectivity index (χ1v) is 6.87. The second-order valence-corrected chi connectivity index (χ2v) is 5.60. The summed E-state index contributed by atoms with van der Waals surface area (Å²) >= 11 is 0. The zero-order valence-corrected chi connectivity index (χ0v) is 10.6. The third-order valence-corrected chi connectivity index (χ3v) is 3.94. The molecular formula is C13H26N2O. The predicted molar refractivity (Wildman–Crippen MR) is 66.5 cm³/mol. The van der Waals surface area contributed by atoms with Crippen LogP contribution in [0.1, 0.15) is 32.6 Å². The number of aliphatic hydroxyl groups is 1. The maximum Gasteiger partial charge on any atom is 0.0639 e. The van der Waals surface area contributed by atoms with Crippen molar-refractivity contribution in [2.24, 2.45) is 5.92 Å². The highest BCUT2D eigenvalue weighted by atomic mass is 16.3. The van der Waals surface area contributed by atoms with Crippen molar-refractivity contribution >= 4 is 0 Å². The molecule has 3 nitrogen and oxygen atoms in total. The van der Waals surface area contributed by atoms with Crippen LogP contribution >= 0.6 is 0 Å². The van der Waals surface area contributed by atoms with Gasteiger partial charge in [-0.3, -0.25) is 0 Å². The Morgan fingerprint density at radius 1 is 1.06 bits per heavy atom. The third-order valence-electron chi connectivity index (χ3n) is 3.94. The van der Waals surface area contributed by atoms with Crippen LogP contribution in [0.25, 0.3) is 0 Å². The molecule has 2 aliphatic rings. The first-order chi connectivity index (χ1) is 7.74. The van der Waals surface area contributed by atoms with E-state index in [1.165, 1.54) is 58.4 Å². The van der Waals surface area contributed by atoms with E-state index in [0.717, 1.165) is 12.5 Å². The predicted octanol–water partition coefficient (Wildman–Crippen LogP) is 1.18. The minimum Gasteiger partial charge on any atom is -0.392 e. The lowest BCUT2D eigenvalue weighted by Gasteiger charge is -2.34. The third kappa shape index (κ3) is 3.72. The van der Waals surface area contributed by atoms with Gasteiger partial charge in [0.1, 0.15) is 0 Å². The monoisotopic (exact) mass is 226 g/mol. The highest BCUT2D eigenvalue weighted by Gasteiger charge is 2.22. The normalized spacial score (nSPS) is 27.4. The van der Waals surface area contributed by atoms with E-state index in [4.69, 9.17) is 0 Å². The Morgan fingerprint density at radius 2 is 1.69 bits per heavy atom. The SMILES string of the molecule is CC(O)CN1CCC(CN2CCCC2)CC1. The van der Waals surface area contributed by atoms with Gasteiger partial charge < -0.3 is 14.9 Å². The Kier molecular flexibility index (Phi) is 4.62. The van der Waals surface area contributed by atoms with Crippen LogP contribution in [-0.2, 0) is 0 Å². The summed E-state index contributed by atoms with van der Waals surface area (Å²) in [5, 5.41) is 9.35. The smallest absolute Gasteiger partial charge is 0.0639 e. The Balaban J connectivity index is 1.64. The van der Waals surface area contributed by atoms with Crippen molar-refractivity contribution in [3.05, 3.63) is 0 Å². The molecule has 1 unspecified atom stereocenters. The van der Waals surface area contributed by atoms with Gasteiger partial charge in [-0.15, -0.1) is 0 Å². The Bertz CT molecular complexity index is 194. The van der Waals surface area contributed by atoms with E-state index in [2.05, 4.69) is 9.80 Å². The second-order valence-electron chi connectivity index (χ2n) is 5.60. The second kappa shape index (κ2) is 5.99. The minimum absolute atomic E-state index is 0.171. The maximum absolute atomic E-state index is 9.35. The van der Waals surface area contributed by atoms with Crippen LogP contribution in [-0.4, -0.2) is 60.3 Å². The lowest BCUT2D eigenvalue weighted by molar-refractivity contribution is 0.0924. The van der Waals surface area contributed by atoms with Crippen LogP contribution < -0.4 is 0 Å².